The van der Waals surface area contributed by atoms with Crippen molar-refractivity contribution in [1.82, 2.24) is 4.98 Å². The van der Waals surface area contributed by atoms with Gasteiger partial charge in [0.05, 0.1) is 5.56 Å². The number of fused-ring (bicyclic) bond motifs is 1. The monoisotopic (exact) mass is 357 g/mol. The third-order valence-corrected chi connectivity index (χ3v) is 4.53. The Labute approximate surface area is 157 Å². The van der Waals surface area contributed by atoms with Gasteiger partial charge in [0.25, 0.3) is 0 Å². The van der Waals surface area contributed by atoms with Gasteiger partial charge >= 0.3 is 5.97 Å². The van der Waals surface area contributed by atoms with Crippen molar-refractivity contribution in [3.63, 3.8) is 0 Å². The zero-order valence-corrected chi connectivity index (χ0v) is 14.7. The van der Waals surface area contributed by atoms with E-state index in [1.54, 1.807) is 6.07 Å². The largest absolute Gasteiger partial charge is 0.489 e. The van der Waals surface area contributed by atoms with Crippen molar-refractivity contribution in [2.75, 3.05) is 0 Å². The number of aromatic nitrogens is 1. The minimum atomic E-state index is -0.938. The van der Waals surface area contributed by atoms with Gasteiger partial charge in [-0.3, -0.25) is 0 Å². The number of hydrogen-bond donors (Lipinski definition) is 2. The number of carbonyl (C=O) groups is 1. The lowest BCUT2D eigenvalue weighted by molar-refractivity contribution is 0.0698. The number of rotatable bonds is 6. The number of H-pyrrole nitrogens is 1. The normalized spacial score (nSPS) is 10.8. The van der Waals surface area contributed by atoms with Gasteiger partial charge in [-0.15, -0.1) is 0 Å². The first-order chi connectivity index (χ1) is 13.2. The van der Waals surface area contributed by atoms with Crippen LogP contribution in [-0.4, -0.2) is 16.1 Å². The molecule has 0 aliphatic heterocycles. The molecule has 4 nitrogen and oxygen atoms in total. The van der Waals surface area contributed by atoms with Gasteiger partial charge in [0, 0.05) is 23.0 Å². The molecule has 0 aliphatic carbocycles. The lowest BCUT2D eigenvalue weighted by Crippen LogP contribution is -2.01. The quantitative estimate of drug-likeness (QED) is 0.508. The fourth-order valence-corrected chi connectivity index (χ4v) is 3.23. The third-order valence-electron chi connectivity index (χ3n) is 4.53. The van der Waals surface area contributed by atoms with Gasteiger partial charge in [-0.1, -0.05) is 60.7 Å². The second-order valence-corrected chi connectivity index (χ2v) is 6.43. The summed E-state index contributed by atoms with van der Waals surface area (Å²) < 4.78 is 5.86. The summed E-state index contributed by atoms with van der Waals surface area (Å²) in [6, 6.07) is 25.2. The van der Waals surface area contributed by atoms with E-state index in [1.165, 1.54) is 0 Å². The molecule has 0 aliphatic rings. The number of aromatic amines is 1. The van der Waals surface area contributed by atoms with Crippen LogP contribution in [0.15, 0.2) is 78.9 Å². The van der Waals surface area contributed by atoms with E-state index in [1.807, 2.05) is 72.8 Å². The highest BCUT2D eigenvalue weighted by molar-refractivity contribution is 6.05. The van der Waals surface area contributed by atoms with Crippen molar-refractivity contribution in [2.45, 2.75) is 13.0 Å². The van der Waals surface area contributed by atoms with Crippen LogP contribution in [0.3, 0.4) is 0 Å². The Morgan fingerprint density at radius 3 is 2.22 bits per heavy atom. The topological polar surface area (TPSA) is 62.3 Å². The predicted molar refractivity (Wildman–Crippen MR) is 105 cm³/mol. The molecule has 0 spiro atoms. The Morgan fingerprint density at radius 2 is 1.56 bits per heavy atom. The van der Waals surface area contributed by atoms with E-state index in [9.17, 15) is 9.90 Å². The third kappa shape index (κ3) is 3.70. The Kier molecular flexibility index (Phi) is 4.62. The van der Waals surface area contributed by atoms with Gasteiger partial charge in [-0.2, -0.15) is 0 Å². The SMILES string of the molecule is O=C(O)c1c(Cc2ccccc2)[nH]c2ccc(OCc3ccccc3)cc12. The van der Waals surface area contributed by atoms with Crippen LogP contribution in [0.1, 0.15) is 27.2 Å². The first kappa shape index (κ1) is 16.9. The average Bonchev–Trinajstić information content (AvgIpc) is 3.05. The molecule has 0 radical (unpaired) electrons. The number of ether oxygens (including phenoxy) is 1. The number of nitrogens with one attached hydrogen (secondary N) is 1. The van der Waals surface area contributed by atoms with Crippen LogP contribution in [0.4, 0.5) is 0 Å². The van der Waals surface area contributed by atoms with E-state index in [4.69, 9.17) is 4.74 Å². The van der Waals surface area contributed by atoms with Gasteiger partial charge in [0.15, 0.2) is 0 Å². The van der Waals surface area contributed by atoms with Crippen LogP contribution in [-0.2, 0) is 13.0 Å². The molecule has 1 aromatic heterocycles. The van der Waals surface area contributed by atoms with Crippen molar-refractivity contribution in [3.05, 3.63) is 101 Å². The molecule has 4 heteroatoms. The van der Waals surface area contributed by atoms with Gasteiger partial charge in [-0.25, -0.2) is 4.79 Å². The van der Waals surface area contributed by atoms with Crippen LogP contribution in [0.25, 0.3) is 10.9 Å². The van der Waals surface area contributed by atoms with Gasteiger partial charge < -0.3 is 14.8 Å². The Hall–Kier alpha value is -3.53. The van der Waals surface area contributed by atoms with E-state index >= 15 is 0 Å². The molecule has 3 aromatic carbocycles. The van der Waals surface area contributed by atoms with Crippen molar-refractivity contribution in [1.29, 1.82) is 0 Å². The van der Waals surface area contributed by atoms with Crippen LogP contribution < -0.4 is 4.74 Å². The lowest BCUT2D eigenvalue weighted by Gasteiger charge is -2.06. The number of hydrogen-bond acceptors (Lipinski definition) is 2. The molecule has 2 N–H and O–H groups in total. The van der Waals surface area contributed by atoms with Crippen molar-refractivity contribution >= 4 is 16.9 Å². The summed E-state index contributed by atoms with van der Waals surface area (Å²) in [6.45, 7) is 0.441. The lowest BCUT2D eigenvalue weighted by atomic mass is 10.0. The molecule has 0 bridgehead atoms. The van der Waals surface area contributed by atoms with Crippen LogP contribution in [0.2, 0.25) is 0 Å². The first-order valence-electron chi connectivity index (χ1n) is 8.79. The second kappa shape index (κ2) is 7.38. The highest BCUT2D eigenvalue weighted by atomic mass is 16.5. The molecule has 0 saturated carbocycles. The summed E-state index contributed by atoms with van der Waals surface area (Å²) in [7, 11) is 0. The van der Waals surface area contributed by atoms with E-state index in [-0.39, 0.29) is 0 Å². The minimum Gasteiger partial charge on any atom is -0.489 e. The fourth-order valence-electron chi connectivity index (χ4n) is 3.23. The van der Waals surface area contributed by atoms with E-state index in [0.717, 1.165) is 16.6 Å². The minimum absolute atomic E-state index is 0.305. The summed E-state index contributed by atoms with van der Waals surface area (Å²) in [4.78, 5) is 15.2. The Balaban J connectivity index is 1.65. The molecule has 1 heterocycles. The maximum atomic E-state index is 11.9. The maximum absolute atomic E-state index is 11.9. The van der Waals surface area contributed by atoms with Crippen molar-refractivity contribution < 1.29 is 14.6 Å². The molecule has 0 saturated heterocycles. The summed E-state index contributed by atoms with van der Waals surface area (Å²) in [5.74, 6) is -0.286. The van der Waals surface area contributed by atoms with E-state index < -0.39 is 5.97 Å². The fraction of sp³-hybridized carbons (Fsp3) is 0.0870. The molecule has 4 aromatic rings. The summed E-state index contributed by atoms with van der Waals surface area (Å²) >= 11 is 0. The molecular weight excluding hydrogens is 338 g/mol. The smallest absolute Gasteiger partial charge is 0.338 e. The van der Waals surface area contributed by atoms with Crippen LogP contribution >= 0.6 is 0 Å². The van der Waals surface area contributed by atoms with Gasteiger partial charge in [0.1, 0.15) is 12.4 Å². The molecule has 0 unspecified atom stereocenters. The van der Waals surface area contributed by atoms with Crippen LogP contribution in [0, 0.1) is 0 Å². The number of carboxylic acids is 1. The molecule has 134 valence electrons. The highest BCUT2D eigenvalue weighted by Crippen LogP contribution is 2.28. The standard InChI is InChI=1S/C23H19NO3/c25-23(26)22-19-14-18(27-15-17-9-5-2-6-10-17)11-12-20(19)24-21(22)13-16-7-3-1-4-8-16/h1-12,14,24H,13,15H2,(H,25,26). The number of carboxylic acid groups (broad SMARTS) is 1. The molecule has 0 fully saturated rings. The van der Waals surface area contributed by atoms with Gasteiger partial charge in [-0.05, 0) is 29.3 Å². The molecule has 4 rings (SSSR count). The maximum Gasteiger partial charge on any atom is 0.338 e. The predicted octanol–water partition coefficient (Wildman–Crippen LogP) is 5.04. The molecule has 27 heavy (non-hydrogen) atoms. The van der Waals surface area contributed by atoms with E-state index in [2.05, 4.69) is 4.98 Å². The van der Waals surface area contributed by atoms with Crippen LogP contribution in [0.5, 0.6) is 5.75 Å². The van der Waals surface area contributed by atoms with Crippen molar-refractivity contribution in [2.24, 2.45) is 0 Å². The van der Waals surface area contributed by atoms with Gasteiger partial charge in [0.2, 0.25) is 0 Å². The number of aromatic carboxylic acids is 1. The zero-order chi connectivity index (χ0) is 18.6. The molecular formula is C23H19NO3. The Bertz CT molecular complexity index is 1070. The number of benzene rings is 3. The summed E-state index contributed by atoms with van der Waals surface area (Å²) in [6.07, 6.45) is 0.539. The zero-order valence-electron chi connectivity index (χ0n) is 14.7. The summed E-state index contributed by atoms with van der Waals surface area (Å²) in [5.41, 5.74) is 3.93. The first-order valence-corrected chi connectivity index (χ1v) is 8.79. The molecule has 0 amide bonds. The van der Waals surface area contributed by atoms with Crippen molar-refractivity contribution in [3.8, 4) is 5.75 Å². The Morgan fingerprint density at radius 1 is 0.889 bits per heavy atom. The summed E-state index contributed by atoms with van der Waals surface area (Å²) in [5, 5.41) is 10.4. The van der Waals surface area contributed by atoms with E-state index in [0.29, 0.717) is 35.4 Å². The second-order valence-electron chi connectivity index (χ2n) is 6.43. The molecule has 0 atom stereocenters. The average molecular weight is 357 g/mol. The highest BCUT2D eigenvalue weighted by Gasteiger charge is 2.18.